The highest BCUT2D eigenvalue weighted by atomic mass is 32.2. The Morgan fingerprint density at radius 3 is 2.47 bits per heavy atom. The highest BCUT2D eigenvalue weighted by Crippen LogP contribution is 2.29. The number of carbonyl (C=O) groups is 1. The maximum Gasteiger partial charge on any atom is 0.232 e. The molecule has 30 heavy (non-hydrogen) atoms. The summed E-state index contributed by atoms with van der Waals surface area (Å²) in [6, 6.07) is 14.1. The van der Waals surface area contributed by atoms with Crippen LogP contribution >= 0.6 is 11.8 Å². The topological polar surface area (TPSA) is 63.1 Å². The van der Waals surface area contributed by atoms with Gasteiger partial charge in [-0.25, -0.2) is 4.39 Å². The first-order valence-corrected chi connectivity index (χ1v) is 11.0. The van der Waals surface area contributed by atoms with Gasteiger partial charge in [-0.2, -0.15) is 0 Å². The van der Waals surface area contributed by atoms with Gasteiger partial charge >= 0.3 is 0 Å². The number of nitrogens with zero attached hydrogens (tertiary/aromatic N) is 4. The lowest BCUT2D eigenvalue weighted by Crippen LogP contribution is -2.22. The summed E-state index contributed by atoms with van der Waals surface area (Å²) in [7, 11) is 0. The van der Waals surface area contributed by atoms with Crippen LogP contribution < -0.4 is 10.2 Å². The number of hydrogen-bond acceptors (Lipinski definition) is 5. The van der Waals surface area contributed by atoms with E-state index in [9.17, 15) is 9.18 Å². The number of aromatic nitrogens is 3. The molecule has 8 heteroatoms. The fraction of sp³-hybridized carbons (Fsp3) is 0.318. The van der Waals surface area contributed by atoms with E-state index in [1.807, 2.05) is 0 Å². The van der Waals surface area contributed by atoms with Gasteiger partial charge in [0.25, 0.3) is 0 Å². The number of carbonyl (C=O) groups excluding carboxylic acids is 1. The van der Waals surface area contributed by atoms with E-state index < -0.39 is 0 Å². The Labute approximate surface area is 179 Å². The summed E-state index contributed by atoms with van der Waals surface area (Å²) in [6.45, 7) is 4.02. The number of hydrogen-bond donors (Lipinski definition) is 1. The van der Waals surface area contributed by atoms with E-state index in [2.05, 4.69) is 56.2 Å². The minimum atomic E-state index is -0.326. The van der Waals surface area contributed by atoms with E-state index in [1.54, 1.807) is 12.1 Å². The lowest BCUT2D eigenvalue weighted by Gasteiger charge is -2.18. The Hall–Kier alpha value is -2.87. The first-order valence-electron chi connectivity index (χ1n) is 10.1. The van der Waals surface area contributed by atoms with Crippen LogP contribution in [0.25, 0.3) is 5.69 Å². The van der Waals surface area contributed by atoms with Crippen LogP contribution in [0.4, 0.5) is 16.0 Å². The summed E-state index contributed by atoms with van der Waals surface area (Å²) < 4.78 is 15.1. The quantitative estimate of drug-likeness (QED) is 0.567. The average molecular weight is 426 g/mol. The van der Waals surface area contributed by atoms with E-state index in [-0.39, 0.29) is 11.7 Å². The lowest BCUT2D eigenvalue weighted by molar-refractivity contribution is -0.115. The Bertz CT molecular complexity index is 997. The van der Waals surface area contributed by atoms with Crippen molar-refractivity contribution in [1.82, 2.24) is 14.8 Å². The smallest absolute Gasteiger partial charge is 0.232 e. The molecule has 0 bridgehead atoms. The molecule has 1 N–H and O–H groups in total. The molecule has 1 amide bonds. The van der Waals surface area contributed by atoms with Crippen molar-refractivity contribution in [1.29, 1.82) is 0 Å². The molecule has 4 rings (SSSR count). The van der Waals surface area contributed by atoms with E-state index in [0.717, 1.165) is 42.7 Å². The van der Waals surface area contributed by atoms with Crippen LogP contribution in [0.2, 0.25) is 0 Å². The zero-order valence-corrected chi connectivity index (χ0v) is 17.7. The van der Waals surface area contributed by atoms with E-state index in [4.69, 9.17) is 0 Å². The molecular formula is C22H24FN5OS. The normalized spacial score (nSPS) is 13.6. The maximum absolute atomic E-state index is 13.0. The summed E-state index contributed by atoms with van der Waals surface area (Å²) in [4.78, 5) is 14.5. The lowest BCUT2D eigenvalue weighted by atomic mass is 10.2. The van der Waals surface area contributed by atoms with Crippen molar-refractivity contribution in [2.45, 2.75) is 31.3 Å². The van der Waals surface area contributed by atoms with Gasteiger partial charge in [0.1, 0.15) is 5.82 Å². The third-order valence-corrected chi connectivity index (χ3v) is 5.92. The van der Waals surface area contributed by atoms with Crippen LogP contribution in [0.1, 0.15) is 24.8 Å². The summed E-state index contributed by atoms with van der Waals surface area (Å²) in [5.41, 5.74) is 2.80. The van der Waals surface area contributed by atoms with Crippen LogP contribution in [0.3, 0.4) is 0 Å². The zero-order chi connectivity index (χ0) is 20.9. The molecule has 1 aromatic heterocycles. The van der Waals surface area contributed by atoms with Gasteiger partial charge < -0.3 is 10.2 Å². The first-order chi connectivity index (χ1) is 14.6. The van der Waals surface area contributed by atoms with Gasteiger partial charge in [0.2, 0.25) is 11.9 Å². The van der Waals surface area contributed by atoms with Crippen LogP contribution in [-0.4, -0.2) is 39.5 Å². The number of benzene rings is 2. The largest absolute Gasteiger partial charge is 0.341 e. The molecule has 0 atom stereocenters. The van der Waals surface area contributed by atoms with Gasteiger partial charge in [0.15, 0.2) is 5.16 Å². The minimum Gasteiger partial charge on any atom is -0.341 e. The Balaban J connectivity index is 1.45. The average Bonchev–Trinajstić information content (AvgIpc) is 3.40. The van der Waals surface area contributed by atoms with Gasteiger partial charge in [-0.05, 0) is 56.2 Å². The highest BCUT2D eigenvalue weighted by molar-refractivity contribution is 7.99. The molecule has 0 unspecified atom stereocenters. The maximum atomic E-state index is 13.0. The van der Waals surface area contributed by atoms with E-state index in [1.165, 1.54) is 29.5 Å². The number of nitrogens with one attached hydrogen (secondary N) is 1. The summed E-state index contributed by atoms with van der Waals surface area (Å²) in [5, 5.41) is 12.4. The number of anilines is 2. The molecule has 6 nitrogen and oxygen atoms in total. The predicted molar refractivity (Wildman–Crippen MR) is 118 cm³/mol. The van der Waals surface area contributed by atoms with Crippen LogP contribution in [0.15, 0.2) is 53.7 Å². The summed E-state index contributed by atoms with van der Waals surface area (Å²) in [5.74, 6) is 0.981. The number of thioether (sulfide) groups is 1. The van der Waals surface area contributed by atoms with Gasteiger partial charge in [0, 0.05) is 31.0 Å². The molecular weight excluding hydrogens is 401 g/mol. The van der Waals surface area contributed by atoms with Crippen molar-refractivity contribution in [3.63, 3.8) is 0 Å². The molecule has 156 valence electrons. The molecule has 3 aromatic rings. The van der Waals surface area contributed by atoms with E-state index >= 15 is 0 Å². The number of rotatable bonds is 7. The van der Waals surface area contributed by atoms with Crippen LogP contribution in [0, 0.1) is 12.7 Å². The third-order valence-electron chi connectivity index (χ3n) is 4.99. The van der Waals surface area contributed by atoms with Gasteiger partial charge in [-0.3, -0.25) is 9.36 Å². The SMILES string of the molecule is Cc1ccc(-n2c(SCCC(=O)Nc3ccc(F)cc3)nnc2N2CCCC2)cc1. The van der Waals surface area contributed by atoms with Crippen molar-refractivity contribution in [3.8, 4) is 5.69 Å². The minimum absolute atomic E-state index is 0.115. The second kappa shape index (κ2) is 9.30. The number of amides is 1. The predicted octanol–water partition coefficient (Wildman–Crippen LogP) is 4.44. The van der Waals surface area contributed by atoms with Crippen molar-refractivity contribution in [3.05, 3.63) is 59.9 Å². The van der Waals surface area contributed by atoms with Crippen molar-refractivity contribution in [2.75, 3.05) is 29.1 Å². The van der Waals surface area contributed by atoms with Gasteiger partial charge in [-0.1, -0.05) is 29.5 Å². The summed E-state index contributed by atoms with van der Waals surface area (Å²) >= 11 is 1.51. The number of halogens is 1. The molecule has 0 aliphatic carbocycles. The summed E-state index contributed by atoms with van der Waals surface area (Å²) in [6.07, 6.45) is 2.64. The molecule has 1 fully saturated rings. The molecule has 1 saturated heterocycles. The molecule has 0 spiro atoms. The molecule has 1 aliphatic rings. The first kappa shape index (κ1) is 20.4. The van der Waals surface area contributed by atoms with Crippen molar-refractivity contribution in [2.24, 2.45) is 0 Å². The Morgan fingerprint density at radius 1 is 1.07 bits per heavy atom. The van der Waals surface area contributed by atoms with Crippen molar-refractivity contribution >= 4 is 29.3 Å². The zero-order valence-electron chi connectivity index (χ0n) is 16.8. The third kappa shape index (κ3) is 4.81. The van der Waals surface area contributed by atoms with Gasteiger partial charge in [0.05, 0.1) is 5.69 Å². The molecule has 2 aromatic carbocycles. The van der Waals surface area contributed by atoms with E-state index in [0.29, 0.717) is 17.9 Å². The van der Waals surface area contributed by atoms with Crippen LogP contribution in [-0.2, 0) is 4.79 Å². The van der Waals surface area contributed by atoms with Gasteiger partial charge in [-0.15, -0.1) is 10.2 Å². The highest BCUT2D eigenvalue weighted by Gasteiger charge is 2.22. The molecule has 0 radical (unpaired) electrons. The fourth-order valence-corrected chi connectivity index (χ4v) is 4.27. The molecule has 1 aliphatic heterocycles. The molecule has 2 heterocycles. The van der Waals surface area contributed by atoms with Crippen molar-refractivity contribution < 1.29 is 9.18 Å². The fourth-order valence-electron chi connectivity index (χ4n) is 3.39. The second-order valence-corrected chi connectivity index (χ2v) is 8.36. The second-order valence-electron chi connectivity index (χ2n) is 7.30. The monoisotopic (exact) mass is 425 g/mol. The molecule has 0 saturated carbocycles. The number of aryl methyl sites for hydroxylation is 1. The standard InChI is InChI=1S/C22H24FN5OS/c1-16-4-10-19(11-5-16)28-21(27-13-2-3-14-27)25-26-22(28)30-15-12-20(29)24-18-8-6-17(23)7-9-18/h4-11H,2-3,12-15H2,1H3,(H,24,29). The van der Waals surface area contributed by atoms with Crippen LogP contribution in [0.5, 0.6) is 0 Å². The Kier molecular flexibility index (Phi) is 6.32. The Morgan fingerprint density at radius 2 is 1.77 bits per heavy atom.